The molecule has 1 N–H and O–H groups in total. The number of benzene rings is 1. The predicted molar refractivity (Wildman–Crippen MR) is 118 cm³/mol. The van der Waals surface area contributed by atoms with Crippen molar-refractivity contribution in [2.24, 2.45) is 0 Å². The lowest BCUT2D eigenvalue weighted by Crippen LogP contribution is -2.26. The van der Waals surface area contributed by atoms with Crippen molar-refractivity contribution in [1.29, 1.82) is 0 Å². The van der Waals surface area contributed by atoms with E-state index in [9.17, 15) is 9.18 Å². The van der Waals surface area contributed by atoms with E-state index in [2.05, 4.69) is 25.4 Å². The van der Waals surface area contributed by atoms with Gasteiger partial charge in [0.2, 0.25) is 0 Å². The van der Waals surface area contributed by atoms with Crippen molar-refractivity contribution in [1.82, 2.24) is 30.0 Å². The number of aromatic nitrogens is 5. The third-order valence-corrected chi connectivity index (χ3v) is 6.00. The van der Waals surface area contributed by atoms with Crippen molar-refractivity contribution in [2.75, 3.05) is 0 Å². The largest absolute Gasteiger partial charge is 0.348 e. The lowest BCUT2D eigenvalue weighted by Gasteiger charge is -2.04. The van der Waals surface area contributed by atoms with E-state index in [1.165, 1.54) is 36.4 Å². The number of rotatable bonds is 6. The minimum Gasteiger partial charge on any atom is -0.348 e. The Kier molecular flexibility index (Phi) is 5.59. The van der Waals surface area contributed by atoms with Gasteiger partial charge in [0.15, 0.2) is 0 Å². The normalized spacial score (nSPS) is 13.2. The maximum atomic E-state index is 13.7. The van der Waals surface area contributed by atoms with Gasteiger partial charge in [0.05, 0.1) is 35.4 Å². The molecular formula is C22H16ClFN6OS. The number of carbonyl (C=O) groups excluding carboxylic acids is 1. The fourth-order valence-electron chi connectivity index (χ4n) is 2.95. The molecule has 0 spiro atoms. The molecule has 0 aliphatic heterocycles. The van der Waals surface area contributed by atoms with Crippen LogP contribution in [-0.2, 0) is 0 Å². The minimum atomic E-state index is -0.461. The quantitative estimate of drug-likeness (QED) is 0.448. The standard InChI is InChI=1S/C22H16ClFN6OS/c23-13-1-5-17(6-2-13)32-20-12-30(16-7-14(24)8-25-9-16)29-21(20)18-10-27-19(11-26-18)22(31)28-15-3-4-15/h1-2,5-12,15H,3-4H2,(H,28,31). The molecule has 3 heterocycles. The third-order valence-electron chi connectivity index (χ3n) is 4.72. The van der Waals surface area contributed by atoms with Crippen LogP contribution in [0.1, 0.15) is 23.3 Å². The maximum absolute atomic E-state index is 13.7. The molecule has 0 bridgehead atoms. The van der Waals surface area contributed by atoms with Crippen LogP contribution in [0.4, 0.5) is 4.39 Å². The van der Waals surface area contributed by atoms with E-state index in [0.717, 1.165) is 28.8 Å². The average Bonchev–Trinajstić information content (AvgIpc) is 3.52. The van der Waals surface area contributed by atoms with Gasteiger partial charge in [-0.25, -0.2) is 14.1 Å². The highest BCUT2D eigenvalue weighted by atomic mass is 35.5. The Morgan fingerprint density at radius 1 is 1.12 bits per heavy atom. The Hall–Kier alpha value is -3.30. The van der Waals surface area contributed by atoms with Crippen molar-refractivity contribution in [3.05, 3.63) is 77.8 Å². The summed E-state index contributed by atoms with van der Waals surface area (Å²) in [5, 5.41) is 8.13. The van der Waals surface area contributed by atoms with Gasteiger partial charge in [-0.3, -0.25) is 14.8 Å². The number of nitrogens with zero attached hydrogens (tertiary/aromatic N) is 5. The second-order valence-electron chi connectivity index (χ2n) is 7.24. The molecule has 10 heteroatoms. The molecule has 0 radical (unpaired) electrons. The summed E-state index contributed by atoms with van der Waals surface area (Å²) in [6, 6.07) is 8.98. The van der Waals surface area contributed by atoms with Gasteiger partial charge in [-0.2, -0.15) is 5.10 Å². The van der Waals surface area contributed by atoms with Crippen molar-refractivity contribution in [2.45, 2.75) is 28.7 Å². The summed E-state index contributed by atoms with van der Waals surface area (Å²) >= 11 is 7.46. The molecule has 5 rings (SSSR count). The number of carbonyl (C=O) groups is 1. The summed E-state index contributed by atoms with van der Waals surface area (Å²) in [5.41, 5.74) is 1.77. The van der Waals surface area contributed by atoms with Crippen LogP contribution < -0.4 is 5.32 Å². The van der Waals surface area contributed by atoms with E-state index in [-0.39, 0.29) is 17.6 Å². The zero-order chi connectivity index (χ0) is 22.1. The highest BCUT2D eigenvalue weighted by Gasteiger charge is 2.24. The summed E-state index contributed by atoms with van der Waals surface area (Å²) in [7, 11) is 0. The number of nitrogens with one attached hydrogen (secondary N) is 1. The van der Waals surface area contributed by atoms with Crippen molar-refractivity contribution < 1.29 is 9.18 Å². The fraction of sp³-hybridized carbons (Fsp3) is 0.136. The van der Waals surface area contributed by atoms with Crippen molar-refractivity contribution in [3.8, 4) is 17.1 Å². The third kappa shape index (κ3) is 4.63. The average molecular weight is 467 g/mol. The van der Waals surface area contributed by atoms with E-state index in [0.29, 0.717) is 22.1 Å². The number of hydrogen-bond acceptors (Lipinski definition) is 6. The first kappa shape index (κ1) is 20.6. The number of amides is 1. The van der Waals surface area contributed by atoms with Crippen LogP contribution in [0.5, 0.6) is 0 Å². The lowest BCUT2D eigenvalue weighted by atomic mass is 10.3. The van der Waals surface area contributed by atoms with Crippen LogP contribution in [0.3, 0.4) is 0 Å². The van der Waals surface area contributed by atoms with Crippen LogP contribution in [-0.4, -0.2) is 36.7 Å². The topological polar surface area (TPSA) is 85.6 Å². The van der Waals surface area contributed by atoms with E-state index in [1.54, 1.807) is 23.0 Å². The van der Waals surface area contributed by atoms with E-state index in [4.69, 9.17) is 11.6 Å². The number of hydrogen-bond donors (Lipinski definition) is 1. The molecule has 1 aliphatic carbocycles. The first-order valence-electron chi connectivity index (χ1n) is 9.82. The number of pyridine rings is 1. The molecule has 0 saturated heterocycles. The second kappa shape index (κ2) is 8.68. The molecule has 4 aromatic rings. The maximum Gasteiger partial charge on any atom is 0.271 e. The van der Waals surface area contributed by atoms with Gasteiger partial charge in [0.25, 0.3) is 5.91 Å². The van der Waals surface area contributed by atoms with Gasteiger partial charge in [-0.1, -0.05) is 23.4 Å². The summed E-state index contributed by atoms with van der Waals surface area (Å²) in [4.78, 5) is 26.5. The minimum absolute atomic E-state index is 0.237. The highest BCUT2D eigenvalue weighted by Crippen LogP contribution is 2.35. The smallest absolute Gasteiger partial charge is 0.271 e. The molecule has 0 atom stereocenters. The van der Waals surface area contributed by atoms with Gasteiger partial charge in [0, 0.05) is 28.2 Å². The van der Waals surface area contributed by atoms with Crippen LogP contribution in [0, 0.1) is 5.82 Å². The number of halogens is 2. The molecule has 160 valence electrons. The summed E-state index contributed by atoms with van der Waals surface area (Å²) in [6.07, 6.45) is 9.38. The van der Waals surface area contributed by atoms with E-state index in [1.807, 2.05) is 12.1 Å². The molecule has 1 fully saturated rings. The molecule has 1 amide bonds. The van der Waals surface area contributed by atoms with Crippen LogP contribution in [0.25, 0.3) is 17.1 Å². The molecule has 0 unspecified atom stereocenters. The van der Waals surface area contributed by atoms with Gasteiger partial charge in [-0.15, -0.1) is 0 Å². The molecule has 3 aromatic heterocycles. The van der Waals surface area contributed by atoms with E-state index >= 15 is 0 Å². The molecular weight excluding hydrogens is 451 g/mol. The molecule has 1 aliphatic rings. The monoisotopic (exact) mass is 466 g/mol. The Bertz CT molecular complexity index is 1270. The Balaban J connectivity index is 1.50. The zero-order valence-electron chi connectivity index (χ0n) is 16.6. The summed E-state index contributed by atoms with van der Waals surface area (Å²) in [6.45, 7) is 0. The van der Waals surface area contributed by atoms with Crippen molar-refractivity contribution in [3.63, 3.8) is 0 Å². The van der Waals surface area contributed by atoms with Gasteiger partial charge in [0.1, 0.15) is 22.9 Å². The van der Waals surface area contributed by atoms with Gasteiger partial charge in [-0.05, 0) is 37.1 Å². The lowest BCUT2D eigenvalue weighted by molar-refractivity contribution is 0.0945. The zero-order valence-corrected chi connectivity index (χ0v) is 18.1. The molecule has 1 saturated carbocycles. The van der Waals surface area contributed by atoms with Crippen molar-refractivity contribution >= 4 is 29.3 Å². The predicted octanol–water partition coefficient (Wildman–Crippen LogP) is 4.56. The molecule has 7 nitrogen and oxygen atoms in total. The first-order valence-corrected chi connectivity index (χ1v) is 11.0. The van der Waals surface area contributed by atoms with Gasteiger partial charge >= 0.3 is 0 Å². The highest BCUT2D eigenvalue weighted by molar-refractivity contribution is 7.99. The molecule has 1 aromatic carbocycles. The SMILES string of the molecule is O=C(NC1CC1)c1cnc(-c2nn(-c3cncc(F)c3)cc2Sc2ccc(Cl)cc2)cn1. The molecule has 32 heavy (non-hydrogen) atoms. The van der Waals surface area contributed by atoms with Gasteiger partial charge < -0.3 is 5.32 Å². The summed E-state index contributed by atoms with van der Waals surface area (Å²) in [5.74, 6) is -0.698. The van der Waals surface area contributed by atoms with Crippen LogP contribution >= 0.6 is 23.4 Å². The Labute approximate surface area is 192 Å². The first-order chi connectivity index (χ1) is 15.5. The summed E-state index contributed by atoms with van der Waals surface area (Å²) < 4.78 is 15.2. The van der Waals surface area contributed by atoms with E-state index < -0.39 is 5.82 Å². The second-order valence-corrected chi connectivity index (χ2v) is 8.79. The van der Waals surface area contributed by atoms with Crippen LogP contribution in [0.2, 0.25) is 5.02 Å². The Morgan fingerprint density at radius 3 is 2.62 bits per heavy atom. The Morgan fingerprint density at radius 2 is 1.94 bits per heavy atom. The van der Waals surface area contributed by atoms with Crippen LogP contribution in [0.15, 0.2) is 71.1 Å². The fourth-order valence-corrected chi connectivity index (χ4v) is 4.00.